The first kappa shape index (κ1) is 15.8. The maximum Gasteiger partial charge on any atom is 0.312 e. The predicted molar refractivity (Wildman–Crippen MR) is 84.4 cm³/mol. The summed E-state index contributed by atoms with van der Waals surface area (Å²) in [6.45, 7) is 2.06. The molecule has 22 heavy (non-hydrogen) atoms. The molecule has 114 valence electrons. The van der Waals surface area contributed by atoms with Crippen LogP contribution in [0.5, 0.6) is 0 Å². The zero-order chi connectivity index (χ0) is 15.8. The monoisotopic (exact) mass is 317 g/mol. The molecule has 0 saturated carbocycles. The number of hydrogen-bond donors (Lipinski definition) is 1. The van der Waals surface area contributed by atoms with Crippen molar-refractivity contribution in [1.29, 1.82) is 0 Å². The zero-order valence-corrected chi connectivity index (χ0v) is 12.8. The van der Waals surface area contributed by atoms with Crippen LogP contribution in [0.2, 0.25) is 0 Å². The van der Waals surface area contributed by atoms with Crippen molar-refractivity contribution in [1.82, 2.24) is 10.2 Å². The van der Waals surface area contributed by atoms with E-state index in [9.17, 15) is 9.59 Å². The topological polar surface area (TPSA) is 81.2 Å². The number of carbonyl (C=O) groups is 2. The minimum Gasteiger partial charge on any atom is -0.466 e. The van der Waals surface area contributed by atoms with E-state index in [1.165, 1.54) is 6.08 Å². The lowest BCUT2D eigenvalue weighted by Gasteiger charge is -1.97. The van der Waals surface area contributed by atoms with E-state index in [0.717, 1.165) is 16.9 Å². The molecule has 1 aromatic heterocycles. The Kier molecular flexibility index (Phi) is 5.79. The smallest absolute Gasteiger partial charge is 0.312 e. The minimum absolute atomic E-state index is 0.0568. The molecular weight excluding hydrogens is 302 g/mol. The van der Waals surface area contributed by atoms with Crippen molar-refractivity contribution >= 4 is 34.4 Å². The highest BCUT2D eigenvalue weighted by Crippen LogP contribution is 2.16. The van der Waals surface area contributed by atoms with Gasteiger partial charge in [-0.2, -0.15) is 0 Å². The second-order valence-electron chi connectivity index (χ2n) is 4.22. The maximum atomic E-state index is 11.8. The summed E-state index contributed by atoms with van der Waals surface area (Å²) in [7, 11) is 0. The standard InChI is InChI=1S/C15H15N3O3S/c1-2-21-14(20)10-13-17-18-15(22-13)16-12(19)9-8-11-6-4-3-5-7-11/h3-9H,2,10H2,1H3,(H,16,18,19). The lowest BCUT2D eigenvalue weighted by Crippen LogP contribution is -2.07. The number of amides is 1. The fraction of sp³-hybridized carbons (Fsp3) is 0.200. The van der Waals surface area contributed by atoms with Crippen LogP contribution in [0, 0.1) is 0 Å². The van der Waals surface area contributed by atoms with Gasteiger partial charge >= 0.3 is 5.97 Å². The van der Waals surface area contributed by atoms with Gasteiger partial charge in [-0.1, -0.05) is 41.7 Å². The number of nitrogens with one attached hydrogen (secondary N) is 1. The molecule has 0 saturated heterocycles. The van der Waals surface area contributed by atoms with E-state index in [-0.39, 0.29) is 18.3 Å². The molecule has 0 unspecified atom stereocenters. The fourth-order valence-electron chi connectivity index (χ4n) is 1.59. The van der Waals surface area contributed by atoms with E-state index >= 15 is 0 Å². The molecule has 7 heteroatoms. The van der Waals surface area contributed by atoms with Crippen LogP contribution in [-0.2, 0) is 20.7 Å². The number of nitrogens with zero attached hydrogens (tertiary/aromatic N) is 2. The summed E-state index contributed by atoms with van der Waals surface area (Å²) in [5, 5.41) is 11.1. The van der Waals surface area contributed by atoms with Crippen molar-refractivity contribution in [2.75, 3.05) is 11.9 Å². The third kappa shape index (κ3) is 5.10. The molecule has 1 N–H and O–H groups in total. The Balaban J connectivity index is 1.88. The van der Waals surface area contributed by atoms with E-state index in [1.54, 1.807) is 13.0 Å². The maximum absolute atomic E-state index is 11.8. The van der Waals surface area contributed by atoms with Gasteiger partial charge in [0.1, 0.15) is 5.01 Å². The summed E-state index contributed by atoms with van der Waals surface area (Å²) in [4.78, 5) is 23.1. The van der Waals surface area contributed by atoms with Crippen LogP contribution in [0.1, 0.15) is 17.5 Å². The average molecular weight is 317 g/mol. The number of aromatic nitrogens is 2. The highest BCUT2D eigenvalue weighted by Gasteiger charge is 2.11. The summed E-state index contributed by atoms with van der Waals surface area (Å²) in [6.07, 6.45) is 3.18. The molecule has 0 atom stereocenters. The lowest BCUT2D eigenvalue weighted by molar-refractivity contribution is -0.142. The number of hydrogen-bond acceptors (Lipinski definition) is 6. The molecule has 0 aliphatic heterocycles. The summed E-state index contributed by atoms with van der Waals surface area (Å²) in [6, 6.07) is 9.48. The van der Waals surface area contributed by atoms with E-state index in [2.05, 4.69) is 15.5 Å². The summed E-state index contributed by atoms with van der Waals surface area (Å²) in [5.74, 6) is -0.664. The molecule has 0 aliphatic carbocycles. The van der Waals surface area contributed by atoms with Gasteiger partial charge in [0.2, 0.25) is 11.0 Å². The highest BCUT2D eigenvalue weighted by atomic mass is 32.1. The number of benzene rings is 1. The first-order chi connectivity index (χ1) is 10.7. The molecule has 1 aromatic carbocycles. The predicted octanol–water partition coefficient (Wildman–Crippen LogP) is 2.30. The van der Waals surface area contributed by atoms with Crippen molar-refractivity contribution in [2.24, 2.45) is 0 Å². The largest absolute Gasteiger partial charge is 0.466 e. The van der Waals surface area contributed by atoms with Crippen LogP contribution >= 0.6 is 11.3 Å². The fourth-order valence-corrected chi connectivity index (χ4v) is 2.32. The van der Waals surface area contributed by atoms with Gasteiger partial charge in [0, 0.05) is 6.08 Å². The SMILES string of the molecule is CCOC(=O)Cc1nnc(NC(=O)C=Cc2ccccc2)s1. The number of esters is 1. The molecule has 0 fully saturated rings. The number of carbonyl (C=O) groups excluding carboxylic acids is 2. The van der Waals surface area contributed by atoms with Crippen molar-refractivity contribution in [3.8, 4) is 0 Å². The second kappa shape index (κ2) is 8.04. The number of ether oxygens (including phenoxy) is 1. The Morgan fingerprint density at radius 2 is 2.05 bits per heavy atom. The molecular formula is C15H15N3O3S. The van der Waals surface area contributed by atoms with Gasteiger partial charge in [-0.15, -0.1) is 10.2 Å². The Morgan fingerprint density at radius 3 is 2.77 bits per heavy atom. The van der Waals surface area contributed by atoms with Crippen LogP contribution in [-0.4, -0.2) is 28.7 Å². The molecule has 1 heterocycles. The Morgan fingerprint density at radius 1 is 1.27 bits per heavy atom. The van der Waals surface area contributed by atoms with Gasteiger partial charge in [0.15, 0.2) is 0 Å². The Labute approximate surface area is 131 Å². The Hall–Kier alpha value is -2.54. The molecule has 6 nitrogen and oxygen atoms in total. The van der Waals surface area contributed by atoms with Crippen LogP contribution in [0.25, 0.3) is 6.08 Å². The zero-order valence-electron chi connectivity index (χ0n) is 12.0. The van der Waals surface area contributed by atoms with Gasteiger partial charge in [-0.3, -0.25) is 14.9 Å². The molecule has 0 radical (unpaired) electrons. The van der Waals surface area contributed by atoms with Crippen LogP contribution in [0.15, 0.2) is 36.4 Å². The summed E-state index contributed by atoms with van der Waals surface area (Å²) >= 11 is 1.15. The quantitative estimate of drug-likeness (QED) is 0.653. The second-order valence-corrected chi connectivity index (χ2v) is 5.28. The summed E-state index contributed by atoms with van der Waals surface area (Å²) < 4.78 is 4.83. The molecule has 0 bridgehead atoms. The first-order valence-corrected chi connectivity index (χ1v) is 7.51. The van der Waals surface area contributed by atoms with Crippen LogP contribution in [0.4, 0.5) is 5.13 Å². The average Bonchev–Trinajstić information content (AvgIpc) is 2.93. The molecule has 0 spiro atoms. The van der Waals surface area contributed by atoms with Gasteiger partial charge in [0.05, 0.1) is 13.0 Å². The van der Waals surface area contributed by atoms with E-state index in [1.807, 2.05) is 30.3 Å². The van der Waals surface area contributed by atoms with Crippen molar-refractivity contribution in [2.45, 2.75) is 13.3 Å². The Bertz CT molecular complexity index is 668. The molecule has 2 rings (SSSR count). The van der Waals surface area contributed by atoms with Gasteiger partial charge in [0.25, 0.3) is 0 Å². The first-order valence-electron chi connectivity index (χ1n) is 6.69. The van der Waals surface area contributed by atoms with E-state index < -0.39 is 0 Å². The van der Waals surface area contributed by atoms with Crippen molar-refractivity contribution in [3.05, 3.63) is 47.0 Å². The van der Waals surface area contributed by atoms with Gasteiger partial charge in [-0.05, 0) is 18.6 Å². The highest BCUT2D eigenvalue weighted by molar-refractivity contribution is 7.15. The number of rotatable bonds is 6. The molecule has 2 aromatic rings. The van der Waals surface area contributed by atoms with Gasteiger partial charge < -0.3 is 4.74 Å². The molecule has 1 amide bonds. The lowest BCUT2D eigenvalue weighted by atomic mass is 10.2. The van der Waals surface area contributed by atoms with Crippen molar-refractivity contribution < 1.29 is 14.3 Å². The third-order valence-electron chi connectivity index (χ3n) is 2.52. The van der Waals surface area contributed by atoms with Crippen molar-refractivity contribution in [3.63, 3.8) is 0 Å². The summed E-state index contributed by atoms with van der Waals surface area (Å²) in [5.41, 5.74) is 0.929. The van der Waals surface area contributed by atoms with E-state index in [4.69, 9.17) is 4.74 Å². The molecule has 0 aliphatic rings. The normalized spacial score (nSPS) is 10.6. The number of anilines is 1. The third-order valence-corrected chi connectivity index (χ3v) is 3.36. The van der Waals surface area contributed by atoms with E-state index in [0.29, 0.717) is 16.7 Å². The van der Waals surface area contributed by atoms with Crippen LogP contribution in [0.3, 0.4) is 0 Å². The minimum atomic E-state index is -0.361. The van der Waals surface area contributed by atoms with Gasteiger partial charge in [-0.25, -0.2) is 0 Å². The van der Waals surface area contributed by atoms with Crippen LogP contribution < -0.4 is 5.32 Å².